The molecule has 2 heterocycles. The number of aliphatic hydroxyl groups is 1. The summed E-state index contributed by atoms with van der Waals surface area (Å²) < 4.78 is 1.99. The van der Waals surface area contributed by atoms with Crippen molar-refractivity contribution < 1.29 is 5.11 Å². The molecule has 8 nitrogen and oxygen atoms in total. The molecule has 0 radical (unpaired) electrons. The maximum absolute atomic E-state index is 13.0. The number of aliphatic hydroxyl groups excluding tert-OH is 1. The van der Waals surface area contributed by atoms with Crippen molar-refractivity contribution in [3.05, 3.63) is 51.1 Å². The molecule has 1 atom stereocenters. The first-order valence-corrected chi connectivity index (χ1v) is 11.6. The third kappa shape index (κ3) is 4.47. The Hall–Kier alpha value is -2.58. The first kappa shape index (κ1) is 22.6. The first-order valence-electron chi connectivity index (χ1n) is 11.6. The molecule has 2 N–H and O–H groups in total. The van der Waals surface area contributed by atoms with Gasteiger partial charge in [-0.3, -0.25) is 9.69 Å². The Morgan fingerprint density at radius 3 is 2.66 bits per heavy atom. The van der Waals surface area contributed by atoms with Gasteiger partial charge in [-0.1, -0.05) is 32.8 Å². The molecule has 4 rings (SSSR count). The Bertz CT molecular complexity index is 1130. The van der Waals surface area contributed by atoms with Crippen molar-refractivity contribution >= 4 is 10.9 Å². The second kappa shape index (κ2) is 9.50. The van der Waals surface area contributed by atoms with Crippen molar-refractivity contribution in [1.82, 2.24) is 30.1 Å². The highest BCUT2D eigenvalue weighted by Crippen LogP contribution is 2.34. The molecule has 2 aromatic heterocycles. The van der Waals surface area contributed by atoms with Crippen LogP contribution in [-0.4, -0.2) is 48.3 Å². The zero-order valence-corrected chi connectivity index (χ0v) is 19.5. The minimum Gasteiger partial charge on any atom is -0.395 e. The minimum atomic E-state index is -0.105. The van der Waals surface area contributed by atoms with Crippen LogP contribution in [0.3, 0.4) is 0 Å². The smallest absolute Gasteiger partial charge is 0.252 e. The van der Waals surface area contributed by atoms with Gasteiger partial charge in [-0.25, -0.2) is 4.68 Å². The Balaban J connectivity index is 1.72. The number of H-pyrrole nitrogens is 1. The number of hydrogen-bond donors (Lipinski definition) is 2. The van der Waals surface area contributed by atoms with Crippen molar-refractivity contribution in [2.45, 2.75) is 72.0 Å². The number of aromatic amines is 1. The second-order valence-electron chi connectivity index (χ2n) is 9.47. The lowest BCUT2D eigenvalue weighted by Crippen LogP contribution is -2.37. The summed E-state index contributed by atoms with van der Waals surface area (Å²) in [7, 11) is 0. The lowest BCUT2D eigenvalue weighted by atomic mass is 9.99. The summed E-state index contributed by atoms with van der Waals surface area (Å²) in [5.74, 6) is 1.03. The summed E-state index contributed by atoms with van der Waals surface area (Å²) >= 11 is 0. The van der Waals surface area contributed by atoms with E-state index >= 15 is 0 Å². The van der Waals surface area contributed by atoms with E-state index < -0.39 is 0 Å². The van der Waals surface area contributed by atoms with E-state index in [1.54, 1.807) is 0 Å². The fraction of sp³-hybridized carbons (Fsp3) is 0.583. The topological polar surface area (TPSA) is 99.9 Å². The number of aromatic nitrogens is 5. The molecule has 0 unspecified atom stereocenters. The number of nitrogens with one attached hydrogen (secondary N) is 1. The van der Waals surface area contributed by atoms with Gasteiger partial charge >= 0.3 is 0 Å². The van der Waals surface area contributed by atoms with E-state index in [0.29, 0.717) is 24.7 Å². The summed E-state index contributed by atoms with van der Waals surface area (Å²) in [6.45, 7) is 9.22. The monoisotopic (exact) mass is 438 g/mol. The molecule has 0 amide bonds. The van der Waals surface area contributed by atoms with Crippen LogP contribution in [0.2, 0.25) is 0 Å². The molecule has 3 aromatic rings. The van der Waals surface area contributed by atoms with Crippen molar-refractivity contribution in [3.63, 3.8) is 0 Å². The number of nitrogens with zero attached hydrogens (tertiary/aromatic N) is 5. The Labute approximate surface area is 188 Å². The molecular formula is C24H34N6O2. The first-order chi connectivity index (χ1) is 15.4. The highest BCUT2D eigenvalue weighted by molar-refractivity contribution is 5.83. The predicted molar refractivity (Wildman–Crippen MR) is 124 cm³/mol. The van der Waals surface area contributed by atoms with Gasteiger partial charge in [0.1, 0.15) is 0 Å². The van der Waals surface area contributed by atoms with Crippen LogP contribution in [0.25, 0.3) is 10.9 Å². The molecule has 8 heteroatoms. The van der Waals surface area contributed by atoms with Gasteiger partial charge in [0, 0.05) is 29.6 Å². The molecule has 1 fully saturated rings. The van der Waals surface area contributed by atoms with Gasteiger partial charge in [0.2, 0.25) is 0 Å². The zero-order chi connectivity index (χ0) is 22.8. The number of fused-ring (bicyclic) bond motifs is 1. The molecule has 1 aliphatic rings. The number of hydrogen-bond acceptors (Lipinski definition) is 6. The minimum absolute atomic E-state index is 0.00206. The third-order valence-corrected chi connectivity index (χ3v) is 6.63. The van der Waals surface area contributed by atoms with Crippen molar-refractivity contribution in [3.8, 4) is 0 Å². The average molecular weight is 439 g/mol. The van der Waals surface area contributed by atoms with E-state index in [-0.39, 0.29) is 24.1 Å². The number of pyridine rings is 1. The molecule has 1 saturated carbocycles. The molecular weight excluding hydrogens is 404 g/mol. The van der Waals surface area contributed by atoms with Crippen LogP contribution < -0.4 is 5.56 Å². The van der Waals surface area contributed by atoms with Gasteiger partial charge in [-0.15, -0.1) is 5.10 Å². The van der Waals surface area contributed by atoms with E-state index in [4.69, 9.17) is 0 Å². The van der Waals surface area contributed by atoms with E-state index in [0.717, 1.165) is 40.7 Å². The number of tetrazole rings is 1. The van der Waals surface area contributed by atoms with Gasteiger partial charge in [0.05, 0.1) is 18.7 Å². The van der Waals surface area contributed by atoms with Crippen LogP contribution in [0.5, 0.6) is 0 Å². The largest absolute Gasteiger partial charge is 0.395 e. The Morgan fingerprint density at radius 1 is 1.22 bits per heavy atom. The number of rotatable bonds is 8. The van der Waals surface area contributed by atoms with Crippen LogP contribution in [0.1, 0.15) is 74.1 Å². The van der Waals surface area contributed by atoms with E-state index in [9.17, 15) is 9.90 Å². The fourth-order valence-corrected chi connectivity index (χ4v) is 5.18. The van der Waals surface area contributed by atoms with Gasteiger partial charge in [0.15, 0.2) is 5.82 Å². The van der Waals surface area contributed by atoms with Crippen LogP contribution in [0.15, 0.2) is 23.0 Å². The van der Waals surface area contributed by atoms with Gasteiger partial charge in [-0.2, -0.15) is 0 Å². The summed E-state index contributed by atoms with van der Waals surface area (Å²) in [6, 6.07) is 6.35. The maximum atomic E-state index is 13.0. The summed E-state index contributed by atoms with van der Waals surface area (Å²) in [4.78, 5) is 18.2. The second-order valence-corrected chi connectivity index (χ2v) is 9.47. The van der Waals surface area contributed by atoms with E-state index in [2.05, 4.69) is 52.2 Å². The van der Waals surface area contributed by atoms with Crippen LogP contribution in [0, 0.1) is 19.8 Å². The SMILES string of the molecule is Cc1cc(C)c2cc(CN(CCO)[C@H](c3nnnn3C3CCCC3)C(C)C)c(=O)[nH]c2c1. The predicted octanol–water partition coefficient (Wildman–Crippen LogP) is 3.44. The lowest BCUT2D eigenvalue weighted by Gasteiger charge is -2.33. The molecule has 1 aliphatic carbocycles. The Kier molecular flexibility index (Phi) is 6.71. The number of aryl methyl sites for hydroxylation is 2. The summed E-state index contributed by atoms with van der Waals surface area (Å²) in [5, 5.41) is 23.6. The Morgan fingerprint density at radius 2 is 1.97 bits per heavy atom. The molecule has 32 heavy (non-hydrogen) atoms. The average Bonchev–Trinajstić information content (AvgIpc) is 3.40. The van der Waals surface area contributed by atoms with Crippen molar-refractivity contribution in [2.75, 3.05) is 13.2 Å². The summed E-state index contributed by atoms with van der Waals surface area (Å²) in [6.07, 6.45) is 4.57. The molecule has 1 aromatic carbocycles. The molecule has 0 saturated heterocycles. The van der Waals surface area contributed by atoms with E-state index in [1.165, 1.54) is 12.8 Å². The van der Waals surface area contributed by atoms with Crippen molar-refractivity contribution in [2.24, 2.45) is 5.92 Å². The third-order valence-electron chi connectivity index (χ3n) is 6.63. The standard InChI is InChI=1S/C24H34N6O2/c1-15(2)22(23-26-27-28-30(23)19-7-5-6-8-19)29(9-10-31)14-18-13-20-17(4)11-16(3)12-21(20)25-24(18)32/h11-13,15,19,22,31H,5-10,14H2,1-4H3,(H,25,32)/t22-/m0/s1. The molecule has 0 bridgehead atoms. The highest BCUT2D eigenvalue weighted by atomic mass is 16.3. The number of benzene rings is 1. The van der Waals surface area contributed by atoms with Crippen molar-refractivity contribution in [1.29, 1.82) is 0 Å². The van der Waals surface area contributed by atoms with Gasteiger partial charge in [-0.05, 0) is 66.3 Å². The maximum Gasteiger partial charge on any atom is 0.252 e. The molecule has 172 valence electrons. The fourth-order valence-electron chi connectivity index (χ4n) is 5.18. The van der Waals surface area contributed by atoms with Gasteiger partial charge < -0.3 is 10.1 Å². The highest BCUT2D eigenvalue weighted by Gasteiger charge is 2.32. The zero-order valence-electron chi connectivity index (χ0n) is 19.5. The van der Waals surface area contributed by atoms with Gasteiger partial charge in [0.25, 0.3) is 5.56 Å². The molecule has 0 spiro atoms. The van der Waals surface area contributed by atoms with Crippen LogP contribution in [-0.2, 0) is 6.54 Å². The van der Waals surface area contributed by atoms with E-state index in [1.807, 2.05) is 23.7 Å². The van der Waals surface area contributed by atoms with Crippen LogP contribution in [0.4, 0.5) is 0 Å². The lowest BCUT2D eigenvalue weighted by molar-refractivity contribution is 0.104. The summed E-state index contributed by atoms with van der Waals surface area (Å²) in [5.41, 5.74) is 3.71. The molecule has 0 aliphatic heterocycles. The normalized spacial score (nSPS) is 16.0. The van der Waals surface area contributed by atoms with Crippen LogP contribution >= 0.6 is 0 Å². The quantitative estimate of drug-likeness (QED) is 0.559.